The normalized spacial score (nSPS) is 10.4. The van der Waals surface area contributed by atoms with Crippen molar-refractivity contribution in [3.05, 3.63) is 70.7 Å². The number of benzene rings is 2. The van der Waals surface area contributed by atoms with Gasteiger partial charge in [0.25, 0.3) is 5.91 Å². The van der Waals surface area contributed by atoms with Crippen LogP contribution in [-0.2, 0) is 11.3 Å². The Labute approximate surface area is 155 Å². The topological polar surface area (TPSA) is 68.3 Å². The Kier molecular flexibility index (Phi) is 5.43. The number of hydrogen-bond acceptors (Lipinski definition) is 5. The third kappa shape index (κ3) is 4.34. The highest BCUT2D eigenvalue weighted by molar-refractivity contribution is 7.13. The molecule has 1 heterocycles. The van der Waals surface area contributed by atoms with Gasteiger partial charge in [0.05, 0.1) is 12.2 Å². The average Bonchev–Trinajstić information content (AvgIpc) is 3.09. The van der Waals surface area contributed by atoms with E-state index < -0.39 is 5.97 Å². The summed E-state index contributed by atoms with van der Waals surface area (Å²) in [5.74, 6) is -0.184. The summed E-state index contributed by atoms with van der Waals surface area (Å²) in [5.41, 5.74) is 3.59. The Bertz CT molecular complexity index is 932. The van der Waals surface area contributed by atoms with E-state index in [9.17, 15) is 9.59 Å². The molecule has 1 aromatic heterocycles. The zero-order valence-corrected chi connectivity index (χ0v) is 15.3. The number of carbonyl (C=O) groups is 2. The van der Waals surface area contributed by atoms with Crippen LogP contribution in [-0.4, -0.2) is 16.9 Å². The minimum Gasteiger partial charge on any atom is -0.427 e. The summed E-state index contributed by atoms with van der Waals surface area (Å²) in [4.78, 5) is 27.7. The van der Waals surface area contributed by atoms with Gasteiger partial charge in [0.2, 0.25) is 0 Å². The van der Waals surface area contributed by atoms with Crippen LogP contribution in [0.5, 0.6) is 5.75 Å². The van der Waals surface area contributed by atoms with Gasteiger partial charge in [-0.25, -0.2) is 4.98 Å². The van der Waals surface area contributed by atoms with Crippen molar-refractivity contribution in [3.63, 3.8) is 0 Å². The Balaban J connectivity index is 1.61. The van der Waals surface area contributed by atoms with E-state index in [1.165, 1.54) is 12.5 Å². The highest BCUT2D eigenvalue weighted by Crippen LogP contribution is 2.26. The number of aryl methyl sites for hydroxylation is 1. The quantitative estimate of drug-likeness (QED) is 0.548. The van der Waals surface area contributed by atoms with Crippen molar-refractivity contribution in [1.82, 2.24) is 10.3 Å². The number of carbonyl (C=O) groups excluding carboxylic acids is 2. The minimum atomic E-state index is -0.393. The molecule has 0 spiro atoms. The molecule has 3 rings (SSSR count). The van der Waals surface area contributed by atoms with Crippen LogP contribution in [0.4, 0.5) is 0 Å². The third-order valence-electron chi connectivity index (χ3n) is 3.74. The van der Waals surface area contributed by atoms with E-state index in [-0.39, 0.29) is 5.91 Å². The van der Waals surface area contributed by atoms with E-state index in [2.05, 4.69) is 23.3 Å². The fourth-order valence-corrected chi connectivity index (χ4v) is 3.35. The number of ether oxygens (including phenoxy) is 1. The zero-order chi connectivity index (χ0) is 18.5. The van der Waals surface area contributed by atoms with Gasteiger partial charge >= 0.3 is 5.97 Å². The van der Waals surface area contributed by atoms with E-state index in [0.717, 1.165) is 16.3 Å². The van der Waals surface area contributed by atoms with Crippen LogP contribution in [0, 0.1) is 6.92 Å². The number of aromatic nitrogens is 1. The summed E-state index contributed by atoms with van der Waals surface area (Å²) in [7, 11) is 0. The predicted molar refractivity (Wildman–Crippen MR) is 101 cm³/mol. The van der Waals surface area contributed by atoms with Gasteiger partial charge in [-0.15, -0.1) is 11.3 Å². The van der Waals surface area contributed by atoms with Crippen LogP contribution in [0.25, 0.3) is 10.6 Å². The molecule has 0 saturated heterocycles. The van der Waals surface area contributed by atoms with Gasteiger partial charge in [0, 0.05) is 23.4 Å². The van der Waals surface area contributed by atoms with Crippen LogP contribution in [0.1, 0.15) is 28.5 Å². The lowest BCUT2D eigenvalue weighted by molar-refractivity contribution is -0.131. The van der Waals surface area contributed by atoms with Crippen molar-refractivity contribution in [1.29, 1.82) is 0 Å². The molecule has 0 fully saturated rings. The van der Waals surface area contributed by atoms with Crippen molar-refractivity contribution < 1.29 is 14.3 Å². The molecule has 0 unspecified atom stereocenters. The SMILES string of the molecule is CC(=O)Oc1ccc(C(=O)NCc2csc(-c3ccccc3C)n2)cc1. The van der Waals surface area contributed by atoms with E-state index in [0.29, 0.717) is 17.9 Å². The van der Waals surface area contributed by atoms with Crippen LogP contribution >= 0.6 is 11.3 Å². The lowest BCUT2D eigenvalue weighted by Crippen LogP contribution is -2.22. The van der Waals surface area contributed by atoms with Gasteiger partial charge in [-0.1, -0.05) is 24.3 Å². The second-order valence-electron chi connectivity index (χ2n) is 5.76. The monoisotopic (exact) mass is 366 g/mol. The number of rotatable bonds is 5. The van der Waals surface area contributed by atoms with Crippen molar-refractivity contribution in [2.24, 2.45) is 0 Å². The maximum Gasteiger partial charge on any atom is 0.308 e. The maximum absolute atomic E-state index is 12.2. The molecule has 1 N–H and O–H groups in total. The maximum atomic E-state index is 12.2. The summed E-state index contributed by atoms with van der Waals surface area (Å²) in [6.07, 6.45) is 0. The van der Waals surface area contributed by atoms with Crippen LogP contribution in [0.2, 0.25) is 0 Å². The van der Waals surface area contributed by atoms with Crippen molar-refractivity contribution in [2.45, 2.75) is 20.4 Å². The summed E-state index contributed by atoms with van der Waals surface area (Å²) in [5, 5.41) is 5.75. The first kappa shape index (κ1) is 17.8. The lowest BCUT2D eigenvalue weighted by Gasteiger charge is -2.05. The van der Waals surface area contributed by atoms with Crippen molar-refractivity contribution in [3.8, 4) is 16.3 Å². The number of nitrogens with one attached hydrogen (secondary N) is 1. The fourth-order valence-electron chi connectivity index (χ4n) is 2.44. The van der Waals surface area contributed by atoms with Gasteiger partial charge in [-0.3, -0.25) is 9.59 Å². The van der Waals surface area contributed by atoms with Gasteiger partial charge in [-0.2, -0.15) is 0 Å². The molecule has 26 heavy (non-hydrogen) atoms. The smallest absolute Gasteiger partial charge is 0.308 e. The number of hydrogen-bond donors (Lipinski definition) is 1. The molecule has 1 amide bonds. The molecule has 2 aromatic carbocycles. The van der Waals surface area contributed by atoms with E-state index >= 15 is 0 Å². The van der Waals surface area contributed by atoms with Crippen LogP contribution in [0.15, 0.2) is 53.9 Å². The molecule has 0 aliphatic carbocycles. The lowest BCUT2D eigenvalue weighted by atomic mass is 10.1. The van der Waals surface area contributed by atoms with Crippen molar-refractivity contribution in [2.75, 3.05) is 0 Å². The first-order valence-electron chi connectivity index (χ1n) is 8.10. The van der Waals surface area contributed by atoms with Gasteiger partial charge < -0.3 is 10.1 Å². The average molecular weight is 366 g/mol. The molecule has 0 aliphatic rings. The third-order valence-corrected chi connectivity index (χ3v) is 4.66. The second-order valence-corrected chi connectivity index (χ2v) is 6.62. The standard InChI is InChI=1S/C20H18N2O3S/c1-13-5-3-4-6-18(13)20-22-16(12-26-20)11-21-19(24)15-7-9-17(10-8-15)25-14(2)23/h3-10,12H,11H2,1-2H3,(H,21,24). The van der Waals surface area contributed by atoms with Gasteiger partial charge in [0.1, 0.15) is 10.8 Å². The molecular weight excluding hydrogens is 348 g/mol. The molecule has 6 heteroatoms. The Morgan fingerprint density at radius 3 is 2.54 bits per heavy atom. The number of thiazole rings is 1. The second kappa shape index (κ2) is 7.93. The Hall–Kier alpha value is -2.99. The highest BCUT2D eigenvalue weighted by atomic mass is 32.1. The fraction of sp³-hybridized carbons (Fsp3) is 0.150. The van der Waals surface area contributed by atoms with E-state index in [4.69, 9.17) is 4.74 Å². The summed E-state index contributed by atoms with van der Waals surface area (Å²) in [6, 6.07) is 14.5. The summed E-state index contributed by atoms with van der Waals surface area (Å²) in [6.45, 7) is 3.74. The number of amides is 1. The molecule has 0 saturated carbocycles. The van der Waals surface area contributed by atoms with Crippen LogP contribution < -0.4 is 10.1 Å². The molecule has 3 aromatic rings. The molecule has 0 aliphatic heterocycles. The van der Waals surface area contributed by atoms with Gasteiger partial charge in [-0.05, 0) is 36.8 Å². The molecule has 0 bridgehead atoms. The molecule has 132 valence electrons. The highest BCUT2D eigenvalue weighted by Gasteiger charge is 2.10. The van der Waals surface area contributed by atoms with E-state index in [1.807, 2.05) is 23.6 Å². The zero-order valence-electron chi connectivity index (χ0n) is 14.5. The Morgan fingerprint density at radius 2 is 1.85 bits per heavy atom. The first-order valence-corrected chi connectivity index (χ1v) is 8.98. The first-order chi connectivity index (χ1) is 12.5. The largest absolute Gasteiger partial charge is 0.427 e. The predicted octanol–water partition coefficient (Wildman–Crippen LogP) is 3.97. The Morgan fingerprint density at radius 1 is 1.12 bits per heavy atom. The summed E-state index contributed by atoms with van der Waals surface area (Å²) < 4.78 is 4.95. The molecule has 0 radical (unpaired) electrons. The molecule has 5 nitrogen and oxygen atoms in total. The summed E-state index contributed by atoms with van der Waals surface area (Å²) >= 11 is 1.56. The minimum absolute atomic E-state index is 0.204. The van der Waals surface area contributed by atoms with E-state index in [1.54, 1.807) is 35.6 Å². The van der Waals surface area contributed by atoms with Gasteiger partial charge in [0.15, 0.2) is 0 Å². The van der Waals surface area contributed by atoms with Crippen LogP contribution in [0.3, 0.4) is 0 Å². The molecular formula is C20H18N2O3S. The number of esters is 1. The number of nitrogens with zero attached hydrogens (tertiary/aromatic N) is 1. The molecule has 0 atom stereocenters. The van der Waals surface area contributed by atoms with Crippen molar-refractivity contribution >= 4 is 23.2 Å².